The number of hydrogen-bond acceptors (Lipinski definition) is 4. The number of benzene rings is 1. The molecule has 1 aromatic heterocycles. The van der Waals surface area contributed by atoms with Crippen molar-refractivity contribution in [1.29, 1.82) is 0 Å². The maximum absolute atomic E-state index is 5.74. The molecule has 84 valence electrons. The molecule has 4 heteroatoms. The summed E-state index contributed by atoms with van der Waals surface area (Å²) in [7, 11) is 1.70. The maximum atomic E-state index is 5.74. The molecule has 3 nitrogen and oxygen atoms in total. The maximum Gasteiger partial charge on any atom is 0.0955 e. The Morgan fingerprint density at radius 2 is 2.31 bits per heavy atom. The van der Waals surface area contributed by atoms with Crippen LogP contribution >= 0.6 is 11.3 Å². The summed E-state index contributed by atoms with van der Waals surface area (Å²) in [6.45, 7) is 0.712. The van der Waals surface area contributed by atoms with Gasteiger partial charge in [-0.1, -0.05) is 12.1 Å². The van der Waals surface area contributed by atoms with Crippen LogP contribution in [0.3, 0.4) is 0 Å². The molecule has 2 N–H and O–H groups in total. The van der Waals surface area contributed by atoms with E-state index in [9.17, 15) is 0 Å². The minimum absolute atomic E-state index is 0.712. The Kier molecular flexibility index (Phi) is 3.54. The van der Waals surface area contributed by atoms with E-state index in [0.717, 1.165) is 28.4 Å². The average molecular weight is 234 g/mol. The summed E-state index contributed by atoms with van der Waals surface area (Å²) in [5, 5.41) is 3.15. The van der Waals surface area contributed by atoms with Gasteiger partial charge in [0, 0.05) is 30.2 Å². The lowest BCUT2D eigenvalue weighted by atomic mass is 10.1. The van der Waals surface area contributed by atoms with E-state index in [-0.39, 0.29) is 0 Å². The molecule has 1 heterocycles. The fourth-order valence-electron chi connectivity index (χ4n) is 1.45. The first kappa shape index (κ1) is 11.1. The van der Waals surface area contributed by atoms with Crippen molar-refractivity contribution in [1.82, 2.24) is 4.98 Å². The molecule has 2 aromatic rings. The van der Waals surface area contributed by atoms with Crippen LogP contribution in [0.15, 0.2) is 29.6 Å². The van der Waals surface area contributed by atoms with Gasteiger partial charge in [-0.05, 0) is 12.1 Å². The average Bonchev–Trinajstić information content (AvgIpc) is 2.75. The summed E-state index contributed by atoms with van der Waals surface area (Å²) in [4.78, 5) is 4.54. The molecule has 0 fully saturated rings. The molecule has 0 spiro atoms. The lowest BCUT2D eigenvalue weighted by Crippen LogP contribution is -1.93. The van der Waals surface area contributed by atoms with Crippen molar-refractivity contribution < 1.29 is 4.74 Å². The third-order valence-electron chi connectivity index (χ3n) is 2.25. The van der Waals surface area contributed by atoms with E-state index in [1.807, 2.05) is 24.3 Å². The van der Waals surface area contributed by atoms with Crippen molar-refractivity contribution in [2.24, 2.45) is 0 Å². The third kappa shape index (κ3) is 2.59. The second-order valence-electron chi connectivity index (χ2n) is 3.49. The summed E-state index contributed by atoms with van der Waals surface area (Å²) in [6.07, 6.45) is 0.865. The molecule has 0 saturated heterocycles. The van der Waals surface area contributed by atoms with Crippen molar-refractivity contribution in [3.63, 3.8) is 0 Å². The van der Waals surface area contributed by atoms with Crippen molar-refractivity contribution in [3.05, 3.63) is 34.7 Å². The number of hydrogen-bond donors (Lipinski definition) is 1. The van der Waals surface area contributed by atoms with Crippen molar-refractivity contribution >= 4 is 17.0 Å². The second-order valence-corrected chi connectivity index (χ2v) is 4.44. The number of thiazole rings is 1. The zero-order valence-electron chi connectivity index (χ0n) is 9.14. The number of nitrogens with zero attached hydrogens (tertiary/aromatic N) is 1. The van der Waals surface area contributed by atoms with Crippen LogP contribution in [0.4, 0.5) is 5.69 Å². The molecule has 0 amide bonds. The quantitative estimate of drug-likeness (QED) is 0.827. The van der Waals surface area contributed by atoms with Gasteiger partial charge in [0.25, 0.3) is 0 Å². The number of nitrogen functional groups attached to an aromatic ring is 1. The molecule has 0 bridgehead atoms. The van der Waals surface area contributed by atoms with E-state index < -0.39 is 0 Å². The van der Waals surface area contributed by atoms with E-state index in [2.05, 4.69) is 10.4 Å². The van der Waals surface area contributed by atoms with Crippen LogP contribution in [0.2, 0.25) is 0 Å². The van der Waals surface area contributed by atoms with Crippen LogP contribution in [-0.2, 0) is 11.2 Å². The zero-order chi connectivity index (χ0) is 11.4. The van der Waals surface area contributed by atoms with E-state index in [1.54, 1.807) is 18.4 Å². The Labute approximate surface area is 98.9 Å². The van der Waals surface area contributed by atoms with Gasteiger partial charge in [-0.3, -0.25) is 0 Å². The predicted molar refractivity (Wildman–Crippen MR) is 67.5 cm³/mol. The first-order chi connectivity index (χ1) is 7.79. The summed E-state index contributed by atoms with van der Waals surface area (Å²) >= 11 is 1.66. The highest BCUT2D eigenvalue weighted by molar-refractivity contribution is 7.09. The first-order valence-electron chi connectivity index (χ1n) is 5.09. The van der Waals surface area contributed by atoms with Crippen molar-refractivity contribution in [3.8, 4) is 11.3 Å². The molecule has 0 atom stereocenters. The van der Waals surface area contributed by atoms with Gasteiger partial charge < -0.3 is 10.5 Å². The molecule has 16 heavy (non-hydrogen) atoms. The molecular weight excluding hydrogens is 220 g/mol. The lowest BCUT2D eigenvalue weighted by Gasteiger charge is -1.98. The smallest absolute Gasteiger partial charge is 0.0955 e. The fourth-order valence-corrected chi connectivity index (χ4v) is 2.23. The first-order valence-corrected chi connectivity index (χ1v) is 5.97. The monoisotopic (exact) mass is 234 g/mol. The van der Waals surface area contributed by atoms with E-state index in [0.29, 0.717) is 6.61 Å². The molecular formula is C12H14N2OS. The SMILES string of the molecule is COCCc1nc(-c2cccc(N)c2)cs1. The molecule has 0 saturated carbocycles. The van der Waals surface area contributed by atoms with E-state index in [4.69, 9.17) is 10.5 Å². The Balaban J connectivity index is 2.18. The van der Waals surface area contributed by atoms with E-state index in [1.165, 1.54) is 0 Å². The minimum Gasteiger partial charge on any atom is -0.399 e. The van der Waals surface area contributed by atoms with Crippen LogP contribution in [0.25, 0.3) is 11.3 Å². The standard InChI is InChI=1S/C12H14N2OS/c1-15-6-5-12-14-11(8-16-12)9-3-2-4-10(13)7-9/h2-4,7-8H,5-6,13H2,1H3. The van der Waals surface area contributed by atoms with Crippen LogP contribution in [-0.4, -0.2) is 18.7 Å². The van der Waals surface area contributed by atoms with Crippen LogP contribution in [0.5, 0.6) is 0 Å². The van der Waals surface area contributed by atoms with Crippen LogP contribution in [0, 0.1) is 0 Å². The summed E-state index contributed by atoms with van der Waals surface area (Å²) in [6, 6.07) is 7.78. The summed E-state index contributed by atoms with van der Waals surface area (Å²) < 4.78 is 5.03. The Hall–Kier alpha value is -1.39. The largest absolute Gasteiger partial charge is 0.399 e. The van der Waals surface area contributed by atoms with Gasteiger partial charge in [-0.25, -0.2) is 4.98 Å². The lowest BCUT2D eigenvalue weighted by molar-refractivity contribution is 0.202. The Bertz CT molecular complexity index is 468. The van der Waals surface area contributed by atoms with Crippen molar-refractivity contribution in [2.45, 2.75) is 6.42 Å². The molecule has 1 aromatic carbocycles. The molecule has 0 unspecified atom stereocenters. The highest BCUT2D eigenvalue weighted by Gasteiger charge is 2.04. The van der Waals surface area contributed by atoms with Crippen LogP contribution in [0.1, 0.15) is 5.01 Å². The number of methoxy groups -OCH3 is 1. The van der Waals surface area contributed by atoms with Gasteiger partial charge in [-0.2, -0.15) is 0 Å². The van der Waals surface area contributed by atoms with Gasteiger partial charge in [-0.15, -0.1) is 11.3 Å². The normalized spacial score (nSPS) is 10.6. The summed E-state index contributed by atoms with van der Waals surface area (Å²) in [5.41, 5.74) is 8.56. The molecule has 0 aliphatic heterocycles. The predicted octanol–water partition coefficient (Wildman–Crippen LogP) is 2.58. The molecule has 0 aliphatic rings. The molecule has 0 aliphatic carbocycles. The van der Waals surface area contributed by atoms with Gasteiger partial charge >= 0.3 is 0 Å². The van der Waals surface area contributed by atoms with Crippen LogP contribution < -0.4 is 5.73 Å². The number of aromatic nitrogens is 1. The van der Waals surface area contributed by atoms with E-state index >= 15 is 0 Å². The molecule has 2 rings (SSSR count). The molecule has 0 radical (unpaired) electrons. The highest BCUT2D eigenvalue weighted by atomic mass is 32.1. The Morgan fingerprint density at radius 1 is 1.44 bits per heavy atom. The Morgan fingerprint density at radius 3 is 3.06 bits per heavy atom. The summed E-state index contributed by atoms with van der Waals surface area (Å²) in [5.74, 6) is 0. The fraction of sp³-hybridized carbons (Fsp3) is 0.250. The minimum atomic E-state index is 0.712. The van der Waals surface area contributed by atoms with Gasteiger partial charge in [0.2, 0.25) is 0 Å². The number of nitrogens with two attached hydrogens (primary N) is 1. The zero-order valence-corrected chi connectivity index (χ0v) is 9.96. The van der Waals surface area contributed by atoms with Gasteiger partial charge in [0.05, 0.1) is 17.3 Å². The third-order valence-corrected chi connectivity index (χ3v) is 3.16. The number of rotatable bonds is 4. The van der Waals surface area contributed by atoms with Gasteiger partial charge in [0.1, 0.15) is 0 Å². The highest BCUT2D eigenvalue weighted by Crippen LogP contribution is 2.23. The topological polar surface area (TPSA) is 48.1 Å². The van der Waals surface area contributed by atoms with Gasteiger partial charge in [0.15, 0.2) is 0 Å². The number of anilines is 1. The second kappa shape index (κ2) is 5.09. The number of ether oxygens (including phenoxy) is 1. The van der Waals surface area contributed by atoms with Crippen molar-refractivity contribution in [2.75, 3.05) is 19.5 Å².